The smallest absolute Gasteiger partial charge is 0.0798 e. The molecule has 2 bridgehead atoms. The lowest BCUT2D eigenvalue weighted by Crippen LogP contribution is -2.55. The number of rotatable bonds is 2. The fourth-order valence-corrected chi connectivity index (χ4v) is 8.01. The van der Waals surface area contributed by atoms with Crippen LogP contribution in [0.4, 0.5) is 0 Å². The Hall–Kier alpha value is -2.39. The zero-order chi connectivity index (χ0) is 27.2. The molecule has 1 saturated heterocycles. The van der Waals surface area contributed by atoms with Crippen LogP contribution in [0, 0.1) is 23.2 Å². The summed E-state index contributed by atoms with van der Waals surface area (Å²) in [7, 11) is 0. The van der Waals surface area contributed by atoms with Crippen LogP contribution < -0.4 is 16.0 Å². The second-order valence-electron chi connectivity index (χ2n) is 11.8. The van der Waals surface area contributed by atoms with E-state index in [2.05, 4.69) is 52.4 Å². The maximum Gasteiger partial charge on any atom is 0.0798 e. The van der Waals surface area contributed by atoms with Crippen molar-refractivity contribution in [2.24, 2.45) is 11.8 Å². The van der Waals surface area contributed by atoms with Crippen molar-refractivity contribution in [3.8, 4) is 6.07 Å². The third kappa shape index (κ3) is 5.49. The molecule has 0 radical (unpaired) electrons. The van der Waals surface area contributed by atoms with Crippen LogP contribution in [0.5, 0.6) is 0 Å². The highest BCUT2D eigenvalue weighted by Crippen LogP contribution is 2.54. The van der Waals surface area contributed by atoms with Gasteiger partial charge >= 0.3 is 0 Å². The van der Waals surface area contributed by atoms with Gasteiger partial charge in [-0.1, -0.05) is 50.6 Å². The highest BCUT2D eigenvalue weighted by molar-refractivity contribution is 5.71. The van der Waals surface area contributed by atoms with Crippen molar-refractivity contribution in [1.82, 2.24) is 16.0 Å². The number of fused-ring (bicyclic) bond motifs is 2. The minimum atomic E-state index is -0.266. The molecule has 0 amide bonds. The Bertz CT molecular complexity index is 1160. The molecule has 7 rings (SSSR count). The second kappa shape index (κ2) is 12.9. The van der Waals surface area contributed by atoms with E-state index < -0.39 is 0 Å². The number of aliphatic hydroxyl groups is 1. The van der Waals surface area contributed by atoms with Crippen molar-refractivity contribution in [2.45, 2.75) is 96.1 Å². The van der Waals surface area contributed by atoms with Crippen LogP contribution in [0.3, 0.4) is 0 Å². The number of aliphatic hydroxyl groups excluding tert-OH is 1. The number of aryl methyl sites for hydroxylation is 1. The van der Waals surface area contributed by atoms with Gasteiger partial charge in [0, 0.05) is 24.7 Å². The fourth-order valence-electron chi connectivity index (χ4n) is 8.01. The molecule has 210 valence electrons. The van der Waals surface area contributed by atoms with Crippen molar-refractivity contribution >= 4 is 5.57 Å². The van der Waals surface area contributed by atoms with Gasteiger partial charge in [0.15, 0.2) is 0 Å². The number of nitrogens with zero attached hydrogens (tertiary/aromatic N) is 1. The van der Waals surface area contributed by atoms with Crippen LogP contribution in [0.1, 0.15) is 101 Å². The number of hydrogen-bond acceptors (Lipinski definition) is 5. The first-order valence-corrected chi connectivity index (χ1v) is 15.7. The molecule has 4 N–H and O–H groups in total. The number of piperidine rings is 1. The average molecular weight is 529 g/mol. The Balaban J connectivity index is 0.000000151. The van der Waals surface area contributed by atoms with Gasteiger partial charge in [-0.2, -0.15) is 5.26 Å². The summed E-state index contributed by atoms with van der Waals surface area (Å²) in [5, 5.41) is 30.6. The normalized spacial score (nSPS) is 31.0. The summed E-state index contributed by atoms with van der Waals surface area (Å²) in [6, 6.07) is 9.07. The molecule has 2 fully saturated rings. The summed E-state index contributed by atoms with van der Waals surface area (Å²) in [6.45, 7) is 8.13. The second-order valence-corrected chi connectivity index (χ2v) is 11.8. The summed E-state index contributed by atoms with van der Waals surface area (Å²) in [6.07, 6.45) is 17.0. The summed E-state index contributed by atoms with van der Waals surface area (Å²) >= 11 is 0. The predicted molar refractivity (Wildman–Crippen MR) is 160 cm³/mol. The van der Waals surface area contributed by atoms with Crippen LogP contribution in [-0.4, -0.2) is 36.8 Å². The molecule has 1 spiro atoms. The van der Waals surface area contributed by atoms with Gasteiger partial charge in [-0.15, -0.1) is 0 Å². The lowest BCUT2D eigenvalue weighted by atomic mass is 9.63. The Morgan fingerprint density at radius 3 is 2.41 bits per heavy atom. The number of benzene rings is 1. The van der Waals surface area contributed by atoms with E-state index in [0.29, 0.717) is 5.92 Å². The molecule has 4 atom stereocenters. The van der Waals surface area contributed by atoms with Gasteiger partial charge in [-0.05, 0) is 111 Å². The van der Waals surface area contributed by atoms with Gasteiger partial charge in [0.05, 0.1) is 23.6 Å². The van der Waals surface area contributed by atoms with Gasteiger partial charge in [0.1, 0.15) is 0 Å². The van der Waals surface area contributed by atoms with Crippen molar-refractivity contribution in [3.05, 3.63) is 63.9 Å². The predicted octanol–water partition coefficient (Wildman–Crippen LogP) is 6.09. The zero-order valence-electron chi connectivity index (χ0n) is 24.1. The summed E-state index contributed by atoms with van der Waals surface area (Å²) in [5.41, 5.74) is 9.81. The molecule has 1 aromatic rings. The molecule has 6 aliphatic rings. The van der Waals surface area contributed by atoms with Gasteiger partial charge in [-0.3, -0.25) is 0 Å². The van der Waals surface area contributed by atoms with Crippen LogP contribution in [0.25, 0.3) is 5.57 Å². The average Bonchev–Trinajstić information content (AvgIpc) is 3.24. The SMILES string of the molecule is CC.N#CC1CCCC2C(C3=CCCNC3)=C3CCCC12N3.OC1CCCc2cccc(C3=CCCNC3)c21. The van der Waals surface area contributed by atoms with E-state index in [1.54, 1.807) is 5.57 Å². The summed E-state index contributed by atoms with van der Waals surface area (Å²) in [5.74, 6) is 0.788. The Morgan fingerprint density at radius 1 is 0.923 bits per heavy atom. The highest BCUT2D eigenvalue weighted by Gasteiger charge is 2.55. The summed E-state index contributed by atoms with van der Waals surface area (Å²) < 4.78 is 0. The molecule has 4 aliphatic heterocycles. The van der Waals surface area contributed by atoms with Gasteiger partial charge < -0.3 is 21.1 Å². The molecule has 2 aliphatic carbocycles. The van der Waals surface area contributed by atoms with Crippen LogP contribution in [0.2, 0.25) is 0 Å². The Kier molecular flexibility index (Phi) is 9.28. The van der Waals surface area contributed by atoms with E-state index in [9.17, 15) is 10.4 Å². The quantitative estimate of drug-likeness (QED) is 0.374. The molecule has 1 saturated carbocycles. The van der Waals surface area contributed by atoms with E-state index >= 15 is 0 Å². The number of allylic oxidation sites excluding steroid dienone is 1. The Morgan fingerprint density at radius 2 is 1.69 bits per heavy atom. The van der Waals surface area contributed by atoms with Gasteiger partial charge in [0.2, 0.25) is 0 Å². The topological polar surface area (TPSA) is 80.1 Å². The molecule has 1 aromatic carbocycles. The van der Waals surface area contributed by atoms with E-state index in [-0.39, 0.29) is 17.6 Å². The number of nitriles is 1. The third-order valence-corrected chi connectivity index (χ3v) is 9.66. The lowest BCUT2D eigenvalue weighted by Gasteiger charge is -2.46. The van der Waals surface area contributed by atoms with E-state index in [1.165, 1.54) is 65.6 Å². The summed E-state index contributed by atoms with van der Waals surface area (Å²) in [4.78, 5) is 0. The Labute approximate surface area is 235 Å². The number of nitrogens with one attached hydrogen (secondary N) is 3. The number of hydrogen-bond donors (Lipinski definition) is 4. The fraction of sp³-hybridized carbons (Fsp3) is 0.618. The van der Waals surface area contributed by atoms with Gasteiger partial charge in [-0.25, -0.2) is 0 Å². The van der Waals surface area contributed by atoms with Crippen LogP contribution in [0.15, 0.2) is 47.2 Å². The van der Waals surface area contributed by atoms with Crippen molar-refractivity contribution < 1.29 is 5.11 Å². The maximum absolute atomic E-state index is 10.2. The first kappa shape index (κ1) is 28.1. The van der Waals surface area contributed by atoms with E-state index in [4.69, 9.17) is 0 Å². The molecule has 5 heteroatoms. The van der Waals surface area contributed by atoms with Crippen LogP contribution in [-0.2, 0) is 6.42 Å². The molecular formula is C34H48N4O. The van der Waals surface area contributed by atoms with Crippen LogP contribution >= 0.6 is 0 Å². The highest BCUT2D eigenvalue weighted by atomic mass is 16.3. The monoisotopic (exact) mass is 528 g/mol. The first-order chi connectivity index (χ1) is 19.2. The van der Waals surface area contributed by atoms with Crippen molar-refractivity contribution in [2.75, 3.05) is 26.2 Å². The molecule has 39 heavy (non-hydrogen) atoms. The minimum absolute atomic E-state index is 0.0776. The van der Waals surface area contributed by atoms with Crippen molar-refractivity contribution in [1.29, 1.82) is 5.26 Å². The van der Waals surface area contributed by atoms with E-state index in [0.717, 1.165) is 64.7 Å². The molecule has 4 unspecified atom stereocenters. The third-order valence-electron chi connectivity index (χ3n) is 9.66. The first-order valence-electron chi connectivity index (χ1n) is 15.7. The molecule has 5 nitrogen and oxygen atoms in total. The maximum atomic E-state index is 10.2. The van der Waals surface area contributed by atoms with Crippen molar-refractivity contribution in [3.63, 3.8) is 0 Å². The molecule has 4 heterocycles. The lowest BCUT2D eigenvalue weighted by molar-refractivity contribution is 0.131. The minimum Gasteiger partial charge on any atom is -0.388 e. The zero-order valence-corrected chi connectivity index (χ0v) is 24.1. The molecule has 0 aromatic heterocycles. The molecular weight excluding hydrogens is 480 g/mol. The largest absolute Gasteiger partial charge is 0.388 e. The standard InChI is InChI=1S/C17H23N3.C15H19NO.C2H6/c18-10-13-5-1-6-14-16(12-4-3-9-19-11-12)15-7-2-8-17(13,14)20-15;17-14-8-2-5-11-4-1-7-13(15(11)14)12-6-3-9-16-10-12;1-2/h4,13-14,19-20H,1-3,5-9,11H2;1,4,6-7,14,16-17H,2-3,5,8-10H2;1-2H3. The van der Waals surface area contributed by atoms with Gasteiger partial charge in [0.25, 0.3) is 0 Å². The van der Waals surface area contributed by atoms with E-state index in [1.807, 2.05) is 13.8 Å².